The number of pyridine rings is 1. The Morgan fingerprint density at radius 1 is 1.12 bits per heavy atom. The molecule has 0 bridgehead atoms. The number of hydrogen-bond acceptors (Lipinski definition) is 8. The summed E-state index contributed by atoms with van der Waals surface area (Å²) in [6, 6.07) is 9.08. The van der Waals surface area contributed by atoms with Crippen LogP contribution < -0.4 is 11.0 Å². The Labute approximate surface area is 154 Å². The molecule has 1 amide bonds. The first kappa shape index (κ1) is 16.3. The van der Waals surface area contributed by atoms with Crippen LogP contribution in [0.5, 0.6) is 0 Å². The molecule has 4 aromatic heterocycles. The van der Waals surface area contributed by atoms with E-state index in [1.54, 1.807) is 23.7 Å². The van der Waals surface area contributed by atoms with Crippen molar-refractivity contribution in [3.8, 4) is 16.4 Å². The number of tetrazole rings is 1. The lowest BCUT2D eigenvalue weighted by Crippen LogP contribution is -2.29. The molecule has 0 spiro atoms. The number of thiophene rings is 1. The second-order valence-electron chi connectivity index (χ2n) is 5.08. The van der Waals surface area contributed by atoms with Gasteiger partial charge in [0.1, 0.15) is 17.2 Å². The molecule has 4 aromatic rings. The van der Waals surface area contributed by atoms with Crippen molar-refractivity contribution in [1.82, 2.24) is 29.8 Å². The third-order valence-electron chi connectivity index (χ3n) is 3.33. The number of hydrogen-bond donors (Lipinski definition) is 1. The van der Waals surface area contributed by atoms with E-state index >= 15 is 0 Å². The predicted molar refractivity (Wildman–Crippen MR) is 97.5 cm³/mol. The Kier molecular flexibility index (Phi) is 4.37. The van der Waals surface area contributed by atoms with Gasteiger partial charge in [-0.3, -0.25) is 9.78 Å². The summed E-state index contributed by atoms with van der Waals surface area (Å²) in [6.45, 7) is -0.247. The summed E-state index contributed by atoms with van der Waals surface area (Å²) in [5.41, 5.74) is 0.918. The molecule has 4 heterocycles. The van der Waals surface area contributed by atoms with Crippen LogP contribution in [0.1, 0.15) is 0 Å². The van der Waals surface area contributed by atoms with E-state index in [0.29, 0.717) is 15.8 Å². The molecular formula is C15H11N7O2S2. The van der Waals surface area contributed by atoms with Gasteiger partial charge in [-0.25, -0.2) is 9.78 Å². The van der Waals surface area contributed by atoms with Gasteiger partial charge in [0.15, 0.2) is 5.13 Å². The maximum absolute atomic E-state index is 12.3. The molecule has 26 heavy (non-hydrogen) atoms. The van der Waals surface area contributed by atoms with Crippen LogP contribution in [0.15, 0.2) is 52.1 Å². The topological polar surface area (TPSA) is 108 Å². The Bertz CT molecular complexity index is 1080. The largest absolute Gasteiger partial charge is 0.369 e. The summed E-state index contributed by atoms with van der Waals surface area (Å²) in [6.07, 6.45) is 1.68. The number of anilines is 1. The lowest BCUT2D eigenvalue weighted by molar-refractivity contribution is -0.117. The Balaban J connectivity index is 1.45. The number of amides is 1. The van der Waals surface area contributed by atoms with Gasteiger partial charge >= 0.3 is 5.69 Å². The molecule has 0 aliphatic heterocycles. The molecular weight excluding hydrogens is 374 g/mol. The van der Waals surface area contributed by atoms with Crippen LogP contribution >= 0.6 is 22.7 Å². The SMILES string of the molecule is O=C(Cn1nnn(-c2cccs2)c1=O)Nc1nc(-c2ccccn2)cs1. The summed E-state index contributed by atoms with van der Waals surface area (Å²) >= 11 is 2.64. The van der Waals surface area contributed by atoms with E-state index in [4.69, 9.17) is 0 Å². The first-order valence-electron chi connectivity index (χ1n) is 7.44. The van der Waals surface area contributed by atoms with Crippen molar-refractivity contribution in [2.75, 3.05) is 5.32 Å². The average molecular weight is 385 g/mol. The normalized spacial score (nSPS) is 10.8. The highest BCUT2D eigenvalue weighted by atomic mass is 32.1. The van der Waals surface area contributed by atoms with Gasteiger partial charge < -0.3 is 5.32 Å². The standard InChI is InChI=1S/C15H11N7O2S2/c23-12(8-21-15(24)22(20-19-21)13-5-3-7-25-13)18-14-17-11(9-26-14)10-4-1-2-6-16-10/h1-7,9H,8H2,(H,17,18,23). The molecule has 0 radical (unpaired) electrons. The molecule has 9 nitrogen and oxygen atoms in total. The van der Waals surface area contributed by atoms with Crippen LogP contribution in [0.2, 0.25) is 0 Å². The summed E-state index contributed by atoms with van der Waals surface area (Å²) < 4.78 is 2.16. The molecule has 0 aliphatic rings. The number of thiazole rings is 1. The van der Waals surface area contributed by atoms with Gasteiger partial charge in [-0.2, -0.15) is 9.36 Å². The van der Waals surface area contributed by atoms with E-state index in [-0.39, 0.29) is 6.54 Å². The molecule has 0 aromatic carbocycles. The van der Waals surface area contributed by atoms with Crippen molar-refractivity contribution in [2.45, 2.75) is 6.54 Å². The number of carbonyl (C=O) groups is 1. The van der Waals surface area contributed by atoms with Crippen molar-refractivity contribution in [2.24, 2.45) is 0 Å². The molecule has 0 fully saturated rings. The van der Waals surface area contributed by atoms with Crippen molar-refractivity contribution in [3.63, 3.8) is 0 Å². The Morgan fingerprint density at radius 2 is 2.04 bits per heavy atom. The van der Waals surface area contributed by atoms with E-state index < -0.39 is 11.6 Å². The molecule has 0 saturated carbocycles. The monoisotopic (exact) mass is 385 g/mol. The second-order valence-corrected chi connectivity index (χ2v) is 6.87. The van der Waals surface area contributed by atoms with Crippen molar-refractivity contribution >= 4 is 33.7 Å². The third kappa shape index (κ3) is 3.30. The van der Waals surface area contributed by atoms with Crippen LogP contribution in [0.3, 0.4) is 0 Å². The summed E-state index contributed by atoms with van der Waals surface area (Å²) in [4.78, 5) is 33.0. The minimum atomic E-state index is -0.476. The highest BCUT2D eigenvalue weighted by molar-refractivity contribution is 7.14. The fourth-order valence-corrected chi connectivity index (χ4v) is 3.55. The average Bonchev–Trinajstić information content (AvgIpc) is 3.39. The predicted octanol–water partition coefficient (Wildman–Crippen LogP) is 1.65. The fraction of sp³-hybridized carbons (Fsp3) is 0.0667. The molecule has 130 valence electrons. The third-order valence-corrected chi connectivity index (χ3v) is 4.93. The lowest BCUT2D eigenvalue weighted by atomic mass is 10.3. The molecule has 0 saturated heterocycles. The molecule has 0 aliphatic carbocycles. The van der Waals surface area contributed by atoms with Gasteiger partial charge in [0.05, 0.1) is 5.69 Å². The molecule has 0 atom stereocenters. The van der Waals surface area contributed by atoms with Crippen molar-refractivity contribution in [1.29, 1.82) is 0 Å². The number of carbonyl (C=O) groups excluding carboxylic acids is 1. The van der Waals surface area contributed by atoms with Gasteiger partial charge in [0, 0.05) is 11.6 Å². The highest BCUT2D eigenvalue weighted by Crippen LogP contribution is 2.22. The van der Waals surface area contributed by atoms with Gasteiger partial charge in [-0.05, 0) is 40.1 Å². The number of aromatic nitrogens is 6. The van der Waals surface area contributed by atoms with Gasteiger partial charge in [-0.15, -0.1) is 22.7 Å². The number of nitrogens with zero attached hydrogens (tertiary/aromatic N) is 6. The molecule has 4 rings (SSSR count). The van der Waals surface area contributed by atoms with Crippen LogP contribution in [0.4, 0.5) is 5.13 Å². The number of nitrogens with one attached hydrogen (secondary N) is 1. The zero-order chi connectivity index (χ0) is 17.9. The van der Waals surface area contributed by atoms with E-state index in [2.05, 4.69) is 25.7 Å². The quantitative estimate of drug-likeness (QED) is 0.560. The smallest absolute Gasteiger partial charge is 0.300 e. The van der Waals surface area contributed by atoms with E-state index in [1.165, 1.54) is 22.7 Å². The van der Waals surface area contributed by atoms with Crippen LogP contribution in [-0.2, 0) is 11.3 Å². The van der Waals surface area contributed by atoms with Crippen molar-refractivity contribution < 1.29 is 4.79 Å². The Hall–Kier alpha value is -3.18. The lowest BCUT2D eigenvalue weighted by Gasteiger charge is -2.00. The zero-order valence-corrected chi connectivity index (χ0v) is 14.8. The van der Waals surface area contributed by atoms with Crippen LogP contribution in [0, 0.1) is 0 Å². The second kappa shape index (κ2) is 6.98. The van der Waals surface area contributed by atoms with E-state index in [9.17, 15) is 9.59 Å². The maximum Gasteiger partial charge on any atom is 0.369 e. The molecule has 0 unspecified atom stereocenters. The minimum absolute atomic E-state index is 0.247. The van der Waals surface area contributed by atoms with Crippen molar-refractivity contribution in [3.05, 3.63) is 57.8 Å². The van der Waals surface area contributed by atoms with Gasteiger partial charge in [0.25, 0.3) is 0 Å². The molecule has 1 N–H and O–H groups in total. The fourth-order valence-electron chi connectivity index (χ4n) is 2.16. The summed E-state index contributed by atoms with van der Waals surface area (Å²) in [5.74, 6) is -0.410. The maximum atomic E-state index is 12.3. The first-order valence-corrected chi connectivity index (χ1v) is 9.20. The van der Waals surface area contributed by atoms with E-state index in [0.717, 1.165) is 15.1 Å². The van der Waals surface area contributed by atoms with Crippen LogP contribution in [-0.4, -0.2) is 35.7 Å². The minimum Gasteiger partial charge on any atom is -0.300 e. The van der Waals surface area contributed by atoms with Crippen LogP contribution in [0.25, 0.3) is 16.4 Å². The van der Waals surface area contributed by atoms with Gasteiger partial charge in [-0.1, -0.05) is 6.07 Å². The highest BCUT2D eigenvalue weighted by Gasteiger charge is 2.14. The summed E-state index contributed by atoms with van der Waals surface area (Å²) in [7, 11) is 0. The Morgan fingerprint density at radius 3 is 2.81 bits per heavy atom. The van der Waals surface area contributed by atoms with Gasteiger partial charge in [0.2, 0.25) is 5.91 Å². The van der Waals surface area contributed by atoms with E-state index in [1.807, 2.05) is 23.6 Å². The zero-order valence-electron chi connectivity index (χ0n) is 13.1. The number of rotatable bonds is 5. The first-order chi connectivity index (χ1) is 12.7. The summed E-state index contributed by atoms with van der Waals surface area (Å²) in [5, 5.41) is 14.9. The molecule has 11 heteroatoms.